The molecule has 0 amide bonds. The average molecular weight is 350 g/mol. The van der Waals surface area contributed by atoms with Crippen molar-refractivity contribution in [1.82, 2.24) is 20.5 Å². The van der Waals surface area contributed by atoms with Crippen LogP contribution in [0.4, 0.5) is 0 Å². The molecule has 6 heteroatoms. The first kappa shape index (κ1) is 19.8. The van der Waals surface area contributed by atoms with Crippen LogP contribution in [0.15, 0.2) is 15.6 Å². The predicted molar refractivity (Wildman–Crippen MR) is 103 cm³/mol. The summed E-state index contributed by atoms with van der Waals surface area (Å²) >= 11 is 0. The van der Waals surface area contributed by atoms with Crippen LogP contribution in [0.2, 0.25) is 0 Å². The summed E-state index contributed by atoms with van der Waals surface area (Å²) in [4.78, 5) is 11.1. The lowest BCUT2D eigenvalue weighted by Gasteiger charge is -2.31. The molecule has 0 radical (unpaired) electrons. The normalized spacial score (nSPS) is 17.1. The summed E-state index contributed by atoms with van der Waals surface area (Å²) in [7, 11) is 4.02. The Morgan fingerprint density at radius 3 is 2.60 bits per heavy atom. The second-order valence-electron chi connectivity index (χ2n) is 7.99. The zero-order valence-corrected chi connectivity index (χ0v) is 16.6. The predicted octanol–water partition coefficient (Wildman–Crippen LogP) is 2.90. The molecule has 25 heavy (non-hydrogen) atoms. The summed E-state index contributed by atoms with van der Waals surface area (Å²) in [5, 5.41) is 6.64. The molecular weight excluding hydrogens is 314 g/mol. The molecule has 6 nitrogen and oxygen atoms in total. The van der Waals surface area contributed by atoms with Crippen molar-refractivity contribution < 1.29 is 4.42 Å². The Kier molecular flexibility index (Phi) is 7.29. The summed E-state index contributed by atoms with van der Waals surface area (Å²) in [5.74, 6) is 2.38. The molecule has 0 unspecified atom stereocenters. The van der Waals surface area contributed by atoms with Gasteiger partial charge in [-0.05, 0) is 19.9 Å². The molecule has 0 aromatic carbocycles. The van der Waals surface area contributed by atoms with Crippen molar-refractivity contribution in [1.29, 1.82) is 0 Å². The van der Waals surface area contributed by atoms with Crippen LogP contribution in [0.5, 0.6) is 0 Å². The van der Waals surface area contributed by atoms with Crippen molar-refractivity contribution in [2.45, 2.75) is 70.9 Å². The average Bonchev–Trinajstić information content (AvgIpc) is 3.08. The number of hydrogen-bond acceptors (Lipinski definition) is 4. The Morgan fingerprint density at radius 2 is 2.00 bits per heavy atom. The number of likely N-dealkylation sites (N-methyl/N-ethyl adjacent to an activating group) is 1. The summed E-state index contributed by atoms with van der Waals surface area (Å²) < 4.78 is 5.80. The highest BCUT2D eigenvalue weighted by molar-refractivity contribution is 5.79. The van der Waals surface area contributed by atoms with Gasteiger partial charge < -0.3 is 20.0 Å². The number of hydrogen-bond donors (Lipinski definition) is 2. The Hall–Kier alpha value is -1.56. The first-order valence-corrected chi connectivity index (χ1v) is 9.50. The van der Waals surface area contributed by atoms with E-state index in [0.29, 0.717) is 12.4 Å². The van der Waals surface area contributed by atoms with Gasteiger partial charge in [0.15, 0.2) is 5.96 Å². The molecule has 2 rings (SSSR count). The van der Waals surface area contributed by atoms with Gasteiger partial charge in [0.1, 0.15) is 5.76 Å². The number of aromatic nitrogens is 1. The van der Waals surface area contributed by atoms with E-state index >= 15 is 0 Å². The van der Waals surface area contributed by atoms with Gasteiger partial charge in [-0.25, -0.2) is 4.98 Å². The molecule has 1 saturated carbocycles. The number of aliphatic imine (C=N–C) groups is 1. The van der Waals surface area contributed by atoms with Crippen LogP contribution in [0, 0.1) is 0 Å². The van der Waals surface area contributed by atoms with Crippen molar-refractivity contribution >= 4 is 5.96 Å². The largest absolute Gasteiger partial charge is 0.443 e. The maximum atomic E-state index is 5.80. The van der Waals surface area contributed by atoms with Crippen LogP contribution < -0.4 is 10.6 Å². The molecule has 1 aliphatic rings. The number of rotatable bonds is 6. The zero-order valence-electron chi connectivity index (χ0n) is 16.6. The zero-order chi connectivity index (χ0) is 18.3. The third-order valence-electron chi connectivity index (χ3n) is 4.88. The lowest BCUT2D eigenvalue weighted by molar-refractivity contribution is 0.194. The molecule has 0 aliphatic heterocycles. The minimum atomic E-state index is -0.0190. The third kappa shape index (κ3) is 6.34. The summed E-state index contributed by atoms with van der Waals surface area (Å²) in [6.45, 7) is 8.80. The van der Waals surface area contributed by atoms with Gasteiger partial charge in [-0.15, -0.1) is 0 Å². The highest BCUT2D eigenvalue weighted by atomic mass is 16.4. The van der Waals surface area contributed by atoms with Crippen LogP contribution in [0.25, 0.3) is 0 Å². The molecule has 1 aliphatic carbocycles. The Bertz CT molecular complexity index is 540. The second kappa shape index (κ2) is 9.22. The number of oxazole rings is 1. The maximum Gasteiger partial charge on any atom is 0.213 e. The number of nitrogens with zero attached hydrogens (tertiary/aromatic N) is 3. The molecule has 1 heterocycles. The summed E-state index contributed by atoms with van der Waals surface area (Å²) in [6, 6.07) is 0.744. The van der Waals surface area contributed by atoms with Gasteiger partial charge in [-0.2, -0.15) is 0 Å². The fourth-order valence-corrected chi connectivity index (χ4v) is 3.17. The SMILES string of the molecule is CN=C(NCCN(C)C1CCCCC1)NCc1ncc(C(C)(C)C)o1. The minimum absolute atomic E-state index is 0.0190. The van der Waals surface area contributed by atoms with E-state index in [0.717, 1.165) is 30.9 Å². The first-order valence-electron chi connectivity index (χ1n) is 9.50. The van der Waals surface area contributed by atoms with Crippen molar-refractivity contribution in [2.24, 2.45) is 4.99 Å². The number of nitrogens with one attached hydrogen (secondary N) is 2. The molecule has 0 atom stereocenters. The van der Waals surface area contributed by atoms with Gasteiger partial charge in [0.2, 0.25) is 5.89 Å². The lowest BCUT2D eigenvalue weighted by atomic mass is 9.94. The van der Waals surface area contributed by atoms with E-state index in [1.54, 1.807) is 7.05 Å². The first-order chi connectivity index (χ1) is 11.9. The van der Waals surface area contributed by atoms with Crippen LogP contribution >= 0.6 is 0 Å². The number of guanidine groups is 1. The van der Waals surface area contributed by atoms with Gasteiger partial charge in [0.25, 0.3) is 0 Å². The minimum Gasteiger partial charge on any atom is -0.443 e. The van der Waals surface area contributed by atoms with Crippen molar-refractivity contribution in [3.63, 3.8) is 0 Å². The highest BCUT2D eigenvalue weighted by Crippen LogP contribution is 2.22. The Morgan fingerprint density at radius 1 is 1.28 bits per heavy atom. The molecular formula is C19H35N5O. The molecule has 2 N–H and O–H groups in total. The third-order valence-corrected chi connectivity index (χ3v) is 4.88. The molecule has 1 fully saturated rings. The molecule has 1 aromatic heterocycles. The Balaban J connectivity index is 1.70. The Labute approximate surface area is 152 Å². The van der Waals surface area contributed by atoms with E-state index in [2.05, 4.69) is 53.3 Å². The summed E-state index contributed by atoms with van der Waals surface area (Å²) in [5.41, 5.74) is -0.0190. The fraction of sp³-hybridized carbons (Fsp3) is 0.789. The van der Waals surface area contributed by atoms with Crippen LogP contribution in [0.3, 0.4) is 0 Å². The molecule has 0 saturated heterocycles. The lowest BCUT2D eigenvalue weighted by Crippen LogP contribution is -2.43. The smallest absolute Gasteiger partial charge is 0.213 e. The van der Waals surface area contributed by atoms with E-state index in [-0.39, 0.29) is 5.41 Å². The van der Waals surface area contributed by atoms with Crippen molar-refractivity contribution in [2.75, 3.05) is 27.2 Å². The van der Waals surface area contributed by atoms with E-state index < -0.39 is 0 Å². The quantitative estimate of drug-likeness (QED) is 0.611. The van der Waals surface area contributed by atoms with Gasteiger partial charge in [0.05, 0.1) is 12.7 Å². The van der Waals surface area contributed by atoms with Crippen LogP contribution in [0.1, 0.15) is 64.5 Å². The van der Waals surface area contributed by atoms with E-state index in [9.17, 15) is 0 Å². The topological polar surface area (TPSA) is 65.7 Å². The molecule has 142 valence electrons. The van der Waals surface area contributed by atoms with Crippen molar-refractivity contribution in [3.05, 3.63) is 17.8 Å². The monoisotopic (exact) mass is 349 g/mol. The van der Waals surface area contributed by atoms with E-state index in [1.165, 1.54) is 32.1 Å². The van der Waals surface area contributed by atoms with Gasteiger partial charge in [-0.3, -0.25) is 4.99 Å². The maximum absolute atomic E-state index is 5.80. The fourth-order valence-electron chi connectivity index (χ4n) is 3.17. The molecule has 0 spiro atoms. The summed E-state index contributed by atoms with van der Waals surface area (Å²) in [6.07, 6.45) is 8.63. The highest BCUT2D eigenvalue weighted by Gasteiger charge is 2.19. The van der Waals surface area contributed by atoms with E-state index in [1.807, 2.05) is 6.20 Å². The second-order valence-corrected chi connectivity index (χ2v) is 7.99. The van der Waals surface area contributed by atoms with Gasteiger partial charge >= 0.3 is 0 Å². The molecule has 1 aromatic rings. The van der Waals surface area contributed by atoms with Gasteiger partial charge in [0, 0.05) is 31.6 Å². The van der Waals surface area contributed by atoms with Crippen LogP contribution in [-0.2, 0) is 12.0 Å². The van der Waals surface area contributed by atoms with E-state index in [4.69, 9.17) is 4.42 Å². The van der Waals surface area contributed by atoms with Crippen LogP contribution in [-0.4, -0.2) is 49.1 Å². The van der Waals surface area contributed by atoms with Crippen molar-refractivity contribution in [3.8, 4) is 0 Å². The van der Waals surface area contributed by atoms with Gasteiger partial charge in [-0.1, -0.05) is 40.0 Å². The standard InChI is InChI=1S/C19H35N5O/c1-19(2,3)16-13-22-17(25-16)14-23-18(20-4)21-11-12-24(5)15-9-7-6-8-10-15/h13,15H,6-12,14H2,1-5H3,(H2,20,21,23). The molecule has 0 bridgehead atoms.